The number of hydrogen-bond donors (Lipinski definition) is 0. The van der Waals surface area contributed by atoms with E-state index in [1.807, 2.05) is 6.92 Å². The number of pyridine rings is 1. The predicted molar refractivity (Wildman–Crippen MR) is 80.7 cm³/mol. The molecule has 2 heterocycles. The molecular weight excluding hydrogens is 325 g/mol. The molecule has 3 aromatic rings. The predicted octanol–water partition coefficient (Wildman–Crippen LogP) is 3.97. The van der Waals surface area contributed by atoms with Crippen molar-refractivity contribution in [1.82, 2.24) is 9.55 Å². The van der Waals surface area contributed by atoms with E-state index in [0.29, 0.717) is 29.0 Å². The number of aryl methyl sites for hydroxylation is 1. The summed E-state index contributed by atoms with van der Waals surface area (Å²) in [6, 6.07) is 8.62. The van der Waals surface area contributed by atoms with Gasteiger partial charge in [0, 0.05) is 12.1 Å². The molecule has 0 unspecified atom stereocenters. The van der Waals surface area contributed by atoms with Gasteiger partial charge in [-0.25, -0.2) is 9.78 Å². The molecule has 0 atom stereocenters. The highest BCUT2D eigenvalue weighted by molar-refractivity contribution is 5.73. The summed E-state index contributed by atoms with van der Waals surface area (Å²) >= 11 is 0. The maximum absolute atomic E-state index is 12.2. The standard InChI is InChI=1S/C16H13F3N2O3/c1-2-9-21-14-13(23-15(21)22)8-7-12(20-14)10-3-5-11(6-4-10)24-16(17,18)19/h3-8H,2,9H2,1H3. The van der Waals surface area contributed by atoms with Crippen LogP contribution >= 0.6 is 0 Å². The van der Waals surface area contributed by atoms with Gasteiger partial charge in [0.15, 0.2) is 11.2 Å². The Morgan fingerprint density at radius 3 is 2.50 bits per heavy atom. The molecule has 0 bridgehead atoms. The number of hydrogen-bond acceptors (Lipinski definition) is 4. The van der Waals surface area contributed by atoms with Gasteiger partial charge in [0.1, 0.15) is 5.75 Å². The van der Waals surface area contributed by atoms with Crippen LogP contribution in [0.15, 0.2) is 45.6 Å². The van der Waals surface area contributed by atoms with Crippen LogP contribution in [0, 0.1) is 0 Å². The average Bonchev–Trinajstić information content (AvgIpc) is 2.82. The summed E-state index contributed by atoms with van der Waals surface area (Å²) < 4.78 is 46.9. The maximum atomic E-state index is 12.2. The zero-order valence-electron chi connectivity index (χ0n) is 12.6. The van der Waals surface area contributed by atoms with E-state index in [1.165, 1.54) is 28.8 Å². The number of aromatic nitrogens is 2. The van der Waals surface area contributed by atoms with Gasteiger partial charge < -0.3 is 9.15 Å². The van der Waals surface area contributed by atoms with Gasteiger partial charge >= 0.3 is 12.1 Å². The minimum atomic E-state index is -4.73. The van der Waals surface area contributed by atoms with Crippen molar-refractivity contribution >= 4 is 11.2 Å². The fraction of sp³-hybridized carbons (Fsp3) is 0.250. The summed E-state index contributed by atoms with van der Waals surface area (Å²) in [5.41, 5.74) is 1.90. The van der Waals surface area contributed by atoms with Crippen LogP contribution in [-0.2, 0) is 6.54 Å². The van der Waals surface area contributed by atoms with E-state index in [0.717, 1.165) is 6.42 Å². The molecule has 8 heteroatoms. The molecule has 3 rings (SSSR count). The topological polar surface area (TPSA) is 57.3 Å². The summed E-state index contributed by atoms with van der Waals surface area (Å²) in [6.07, 6.45) is -3.99. The van der Waals surface area contributed by atoms with Crippen LogP contribution in [-0.4, -0.2) is 15.9 Å². The Labute approximate surface area is 134 Å². The highest BCUT2D eigenvalue weighted by Gasteiger charge is 2.31. The Hall–Kier alpha value is -2.77. The van der Waals surface area contributed by atoms with Crippen molar-refractivity contribution in [2.45, 2.75) is 26.3 Å². The van der Waals surface area contributed by atoms with E-state index in [1.54, 1.807) is 12.1 Å². The molecule has 0 fully saturated rings. The van der Waals surface area contributed by atoms with Crippen LogP contribution < -0.4 is 10.5 Å². The highest BCUT2D eigenvalue weighted by Crippen LogP contribution is 2.26. The quantitative estimate of drug-likeness (QED) is 0.722. The first-order chi connectivity index (χ1) is 11.4. The first-order valence-corrected chi connectivity index (χ1v) is 7.24. The summed E-state index contributed by atoms with van der Waals surface area (Å²) in [5.74, 6) is -0.788. The Bertz CT molecular complexity index is 911. The highest BCUT2D eigenvalue weighted by atomic mass is 19.4. The second-order valence-electron chi connectivity index (χ2n) is 5.11. The minimum Gasteiger partial charge on any atom is -0.406 e. The van der Waals surface area contributed by atoms with Crippen LogP contribution in [0.4, 0.5) is 13.2 Å². The molecule has 0 spiro atoms. The molecule has 0 amide bonds. The number of nitrogens with zero attached hydrogens (tertiary/aromatic N) is 2. The average molecular weight is 338 g/mol. The number of oxazole rings is 1. The molecule has 0 aliphatic rings. The summed E-state index contributed by atoms with van der Waals surface area (Å²) in [5, 5.41) is 0. The smallest absolute Gasteiger partial charge is 0.406 e. The zero-order valence-corrected chi connectivity index (χ0v) is 12.6. The summed E-state index contributed by atoms with van der Waals surface area (Å²) in [7, 11) is 0. The number of benzene rings is 1. The minimum absolute atomic E-state index is 0.307. The van der Waals surface area contributed by atoms with Crippen LogP contribution in [0.25, 0.3) is 22.5 Å². The van der Waals surface area contributed by atoms with E-state index in [9.17, 15) is 18.0 Å². The fourth-order valence-corrected chi connectivity index (χ4v) is 2.35. The summed E-state index contributed by atoms with van der Waals surface area (Å²) in [4.78, 5) is 16.2. The van der Waals surface area contributed by atoms with E-state index >= 15 is 0 Å². The van der Waals surface area contributed by atoms with Gasteiger partial charge in [-0.15, -0.1) is 13.2 Å². The van der Waals surface area contributed by atoms with Crippen molar-refractivity contribution in [3.63, 3.8) is 0 Å². The molecule has 0 N–H and O–H groups in total. The molecule has 0 saturated carbocycles. The van der Waals surface area contributed by atoms with Gasteiger partial charge in [-0.3, -0.25) is 4.57 Å². The lowest BCUT2D eigenvalue weighted by molar-refractivity contribution is -0.274. The van der Waals surface area contributed by atoms with Crippen molar-refractivity contribution < 1.29 is 22.3 Å². The van der Waals surface area contributed by atoms with Gasteiger partial charge in [0.05, 0.1) is 5.69 Å². The first kappa shape index (κ1) is 16.1. The molecule has 126 valence electrons. The Morgan fingerprint density at radius 1 is 1.17 bits per heavy atom. The zero-order chi connectivity index (χ0) is 17.3. The number of fused-ring (bicyclic) bond motifs is 1. The van der Waals surface area contributed by atoms with Crippen LogP contribution in [0.2, 0.25) is 0 Å². The van der Waals surface area contributed by atoms with Gasteiger partial charge in [0.25, 0.3) is 0 Å². The van der Waals surface area contributed by atoms with Crippen molar-refractivity contribution in [3.8, 4) is 17.0 Å². The van der Waals surface area contributed by atoms with Crippen LogP contribution in [0.1, 0.15) is 13.3 Å². The second kappa shape index (κ2) is 6.03. The molecule has 24 heavy (non-hydrogen) atoms. The van der Waals surface area contributed by atoms with Gasteiger partial charge in [-0.2, -0.15) is 0 Å². The monoisotopic (exact) mass is 338 g/mol. The van der Waals surface area contributed by atoms with Gasteiger partial charge in [-0.1, -0.05) is 6.92 Å². The Kier molecular flexibility index (Phi) is 4.04. The van der Waals surface area contributed by atoms with Crippen molar-refractivity contribution in [2.75, 3.05) is 0 Å². The molecule has 5 nitrogen and oxygen atoms in total. The molecule has 1 aromatic carbocycles. The largest absolute Gasteiger partial charge is 0.573 e. The molecule has 0 aliphatic heterocycles. The van der Waals surface area contributed by atoms with E-state index in [2.05, 4.69) is 9.72 Å². The molecule has 0 saturated heterocycles. The van der Waals surface area contributed by atoms with E-state index < -0.39 is 12.1 Å². The van der Waals surface area contributed by atoms with Crippen molar-refractivity contribution in [1.29, 1.82) is 0 Å². The third kappa shape index (κ3) is 3.27. The number of rotatable bonds is 4. The lowest BCUT2D eigenvalue weighted by atomic mass is 10.1. The molecule has 0 radical (unpaired) electrons. The van der Waals surface area contributed by atoms with Crippen molar-refractivity contribution in [2.24, 2.45) is 0 Å². The maximum Gasteiger partial charge on any atom is 0.573 e. The van der Waals surface area contributed by atoms with Gasteiger partial charge in [0.2, 0.25) is 0 Å². The second-order valence-corrected chi connectivity index (χ2v) is 5.11. The SMILES string of the molecule is CCCn1c(=O)oc2ccc(-c3ccc(OC(F)(F)F)cc3)nc21. The van der Waals surface area contributed by atoms with E-state index in [-0.39, 0.29) is 5.75 Å². The van der Waals surface area contributed by atoms with Gasteiger partial charge in [-0.05, 0) is 42.8 Å². The number of ether oxygens (including phenoxy) is 1. The summed E-state index contributed by atoms with van der Waals surface area (Å²) in [6.45, 7) is 2.40. The number of alkyl halides is 3. The fourth-order valence-electron chi connectivity index (χ4n) is 2.35. The van der Waals surface area contributed by atoms with Crippen LogP contribution in [0.5, 0.6) is 5.75 Å². The molecular formula is C16H13F3N2O3. The van der Waals surface area contributed by atoms with E-state index in [4.69, 9.17) is 4.42 Å². The lowest BCUT2D eigenvalue weighted by Crippen LogP contribution is -2.16. The van der Waals surface area contributed by atoms with Crippen LogP contribution in [0.3, 0.4) is 0 Å². The number of halogens is 3. The third-order valence-electron chi connectivity index (χ3n) is 3.34. The Morgan fingerprint density at radius 2 is 1.88 bits per heavy atom. The van der Waals surface area contributed by atoms with Crippen molar-refractivity contribution in [3.05, 3.63) is 46.9 Å². The molecule has 2 aromatic heterocycles. The molecule has 0 aliphatic carbocycles. The lowest BCUT2D eigenvalue weighted by Gasteiger charge is -2.09. The normalized spacial score (nSPS) is 11.8. The third-order valence-corrected chi connectivity index (χ3v) is 3.34. The first-order valence-electron chi connectivity index (χ1n) is 7.24. The Balaban J connectivity index is 1.97.